The third-order valence-corrected chi connectivity index (χ3v) is 4.90. The number of fused-ring (bicyclic) bond motifs is 1. The number of thiophene rings is 1. The van der Waals surface area contributed by atoms with Gasteiger partial charge in [0.1, 0.15) is 0 Å². The first-order chi connectivity index (χ1) is 8.95. The van der Waals surface area contributed by atoms with Crippen LogP contribution < -0.4 is 5.73 Å². The summed E-state index contributed by atoms with van der Waals surface area (Å²) in [5, 5.41) is 3.35. The van der Waals surface area contributed by atoms with E-state index in [1.165, 1.54) is 15.6 Å². The zero-order valence-electron chi connectivity index (χ0n) is 11.8. The lowest BCUT2D eigenvalue weighted by Crippen LogP contribution is -2.41. The number of carbonyl (C=O) groups is 1. The van der Waals surface area contributed by atoms with Crippen molar-refractivity contribution in [1.29, 1.82) is 0 Å². The molecule has 1 aromatic heterocycles. The van der Waals surface area contributed by atoms with Gasteiger partial charge in [-0.1, -0.05) is 39.0 Å². The first kappa shape index (κ1) is 14.2. The van der Waals surface area contributed by atoms with E-state index in [9.17, 15) is 4.79 Å². The summed E-state index contributed by atoms with van der Waals surface area (Å²) in [6.45, 7) is 5.98. The average molecular weight is 275 g/mol. The third kappa shape index (κ3) is 2.88. The highest BCUT2D eigenvalue weighted by atomic mass is 32.1. The minimum atomic E-state index is -0.409. The predicted molar refractivity (Wildman–Crippen MR) is 82.6 cm³/mol. The van der Waals surface area contributed by atoms with Crippen LogP contribution in [-0.2, 0) is 11.2 Å². The van der Waals surface area contributed by atoms with Crippen LogP contribution in [0.2, 0.25) is 0 Å². The Bertz CT molecular complexity index is 585. The number of ketones is 1. The van der Waals surface area contributed by atoms with Gasteiger partial charge in [-0.05, 0) is 35.2 Å². The summed E-state index contributed by atoms with van der Waals surface area (Å²) in [4.78, 5) is 12.3. The molecular weight excluding hydrogens is 254 g/mol. The Balaban J connectivity index is 2.19. The normalized spacial score (nSPS) is 13.7. The fraction of sp³-hybridized carbons (Fsp3) is 0.438. The number of rotatable bonds is 5. The van der Waals surface area contributed by atoms with Gasteiger partial charge in [0.05, 0.1) is 6.04 Å². The van der Waals surface area contributed by atoms with Gasteiger partial charge in [0.15, 0.2) is 5.78 Å². The minimum absolute atomic E-state index is 0.158. The Morgan fingerprint density at radius 2 is 2.05 bits per heavy atom. The first-order valence-corrected chi connectivity index (χ1v) is 7.58. The number of hydrogen-bond donors (Lipinski definition) is 1. The fourth-order valence-electron chi connectivity index (χ4n) is 2.20. The monoisotopic (exact) mass is 275 g/mol. The SMILES string of the molecule is CCC(C)(C)C(=O)C(N)Cc1csc2ccccc12. The molecule has 0 radical (unpaired) electrons. The Kier molecular flexibility index (Phi) is 4.07. The molecule has 102 valence electrons. The predicted octanol–water partition coefficient (Wildman–Crippen LogP) is 3.78. The lowest BCUT2D eigenvalue weighted by molar-refractivity contribution is -0.128. The molecule has 0 amide bonds. The summed E-state index contributed by atoms with van der Waals surface area (Å²) in [7, 11) is 0. The summed E-state index contributed by atoms with van der Waals surface area (Å²) in [5.74, 6) is 0.158. The van der Waals surface area contributed by atoms with Crippen LogP contribution in [-0.4, -0.2) is 11.8 Å². The molecule has 2 nitrogen and oxygen atoms in total. The Hall–Kier alpha value is -1.19. The lowest BCUT2D eigenvalue weighted by Gasteiger charge is -2.24. The van der Waals surface area contributed by atoms with Crippen LogP contribution in [0.4, 0.5) is 0 Å². The van der Waals surface area contributed by atoms with Crippen LogP contribution in [0.1, 0.15) is 32.8 Å². The second kappa shape index (κ2) is 5.43. The molecule has 1 heterocycles. The molecule has 0 saturated carbocycles. The Labute approximate surface area is 118 Å². The molecule has 0 saturated heterocycles. The highest BCUT2D eigenvalue weighted by molar-refractivity contribution is 7.17. The van der Waals surface area contributed by atoms with E-state index in [1.807, 2.05) is 32.9 Å². The van der Waals surface area contributed by atoms with Crippen molar-refractivity contribution in [3.63, 3.8) is 0 Å². The molecule has 0 aliphatic rings. The highest BCUT2D eigenvalue weighted by Gasteiger charge is 2.30. The van der Waals surface area contributed by atoms with Gasteiger partial charge in [-0.2, -0.15) is 0 Å². The molecule has 1 aromatic carbocycles. The molecule has 1 atom stereocenters. The maximum Gasteiger partial charge on any atom is 0.155 e. The standard InChI is InChI=1S/C16H21NOS/c1-4-16(2,3)15(18)13(17)9-11-10-19-14-8-6-5-7-12(11)14/h5-8,10,13H,4,9,17H2,1-3H3. The van der Waals surface area contributed by atoms with Gasteiger partial charge >= 0.3 is 0 Å². The molecule has 0 spiro atoms. The number of Topliss-reactive ketones (excluding diaryl/α,β-unsaturated/α-hetero) is 1. The topological polar surface area (TPSA) is 43.1 Å². The smallest absolute Gasteiger partial charge is 0.155 e. The van der Waals surface area contributed by atoms with Gasteiger partial charge in [0.2, 0.25) is 0 Å². The summed E-state index contributed by atoms with van der Waals surface area (Å²) >= 11 is 1.71. The van der Waals surface area contributed by atoms with Gasteiger partial charge in [0, 0.05) is 10.1 Å². The maximum absolute atomic E-state index is 12.3. The maximum atomic E-state index is 12.3. The van der Waals surface area contributed by atoms with Crippen molar-refractivity contribution in [2.75, 3.05) is 0 Å². The molecule has 3 heteroatoms. The van der Waals surface area contributed by atoms with Gasteiger partial charge in [0.25, 0.3) is 0 Å². The minimum Gasteiger partial charge on any atom is -0.321 e. The number of nitrogens with two attached hydrogens (primary N) is 1. The van der Waals surface area contributed by atoms with E-state index in [1.54, 1.807) is 11.3 Å². The van der Waals surface area contributed by atoms with Crippen molar-refractivity contribution in [3.8, 4) is 0 Å². The van der Waals surface area contributed by atoms with E-state index in [-0.39, 0.29) is 11.2 Å². The van der Waals surface area contributed by atoms with Crippen LogP contribution in [0.15, 0.2) is 29.6 Å². The molecule has 0 bridgehead atoms. The Morgan fingerprint density at radius 1 is 1.37 bits per heavy atom. The van der Waals surface area contributed by atoms with Crippen molar-refractivity contribution in [3.05, 3.63) is 35.2 Å². The molecule has 2 aromatic rings. The Morgan fingerprint density at radius 3 is 2.74 bits per heavy atom. The van der Waals surface area contributed by atoms with E-state index in [0.29, 0.717) is 6.42 Å². The summed E-state index contributed by atoms with van der Waals surface area (Å²) in [6, 6.07) is 7.86. The van der Waals surface area contributed by atoms with Gasteiger partial charge in [-0.25, -0.2) is 0 Å². The molecule has 1 unspecified atom stereocenters. The van der Waals surface area contributed by atoms with Crippen molar-refractivity contribution >= 4 is 27.2 Å². The molecule has 19 heavy (non-hydrogen) atoms. The van der Waals surface area contributed by atoms with Crippen molar-refractivity contribution in [2.24, 2.45) is 11.1 Å². The first-order valence-electron chi connectivity index (χ1n) is 6.70. The van der Waals surface area contributed by atoms with Crippen molar-refractivity contribution in [1.82, 2.24) is 0 Å². The molecule has 0 aliphatic heterocycles. The third-order valence-electron chi connectivity index (χ3n) is 3.89. The quantitative estimate of drug-likeness (QED) is 0.902. The van der Waals surface area contributed by atoms with E-state index >= 15 is 0 Å². The van der Waals surface area contributed by atoms with E-state index in [0.717, 1.165) is 6.42 Å². The second-order valence-corrected chi connectivity index (χ2v) is 6.58. The van der Waals surface area contributed by atoms with Crippen molar-refractivity contribution in [2.45, 2.75) is 39.7 Å². The molecule has 2 rings (SSSR count). The summed E-state index contributed by atoms with van der Waals surface area (Å²) in [6.07, 6.45) is 1.45. The van der Waals surface area contributed by atoms with Crippen LogP contribution in [0.3, 0.4) is 0 Å². The molecular formula is C16H21NOS. The van der Waals surface area contributed by atoms with E-state index < -0.39 is 6.04 Å². The van der Waals surface area contributed by atoms with Crippen molar-refractivity contribution < 1.29 is 4.79 Å². The van der Waals surface area contributed by atoms with Crippen LogP contribution in [0.5, 0.6) is 0 Å². The van der Waals surface area contributed by atoms with Gasteiger partial charge in [-0.15, -0.1) is 11.3 Å². The zero-order valence-corrected chi connectivity index (χ0v) is 12.6. The zero-order chi connectivity index (χ0) is 14.0. The average Bonchev–Trinajstić information content (AvgIpc) is 2.81. The molecule has 2 N–H and O–H groups in total. The number of hydrogen-bond acceptors (Lipinski definition) is 3. The van der Waals surface area contributed by atoms with Crippen LogP contribution in [0, 0.1) is 5.41 Å². The largest absolute Gasteiger partial charge is 0.321 e. The van der Waals surface area contributed by atoms with E-state index in [4.69, 9.17) is 5.73 Å². The molecule has 0 aliphatic carbocycles. The molecule has 0 fully saturated rings. The fourth-order valence-corrected chi connectivity index (χ4v) is 3.17. The summed E-state index contributed by atoms with van der Waals surface area (Å²) in [5.41, 5.74) is 6.98. The summed E-state index contributed by atoms with van der Waals surface area (Å²) < 4.78 is 1.26. The van der Waals surface area contributed by atoms with Gasteiger partial charge < -0.3 is 5.73 Å². The lowest BCUT2D eigenvalue weighted by atomic mass is 9.80. The van der Waals surface area contributed by atoms with E-state index in [2.05, 4.69) is 17.5 Å². The van der Waals surface area contributed by atoms with Gasteiger partial charge in [-0.3, -0.25) is 4.79 Å². The highest BCUT2D eigenvalue weighted by Crippen LogP contribution is 2.28. The number of carbonyl (C=O) groups excluding carboxylic acids is 1. The second-order valence-electron chi connectivity index (χ2n) is 5.67. The number of benzene rings is 1. The van der Waals surface area contributed by atoms with Crippen LogP contribution >= 0.6 is 11.3 Å². The van der Waals surface area contributed by atoms with Crippen LogP contribution in [0.25, 0.3) is 10.1 Å².